The first kappa shape index (κ1) is 21.4. The molecule has 0 spiro atoms. The molecule has 1 saturated heterocycles. The molecule has 4 amide bonds. The number of imide groups is 2. The molecule has 1 aliphatic rings. The molecular weight excluding hydrogens is 436 g/mol. The Labute approximate surface area is 169 Å². The Kier molecular flexibility index (Phi) is 6.79. The zero-order valence-electron chi connectivity index (χ0n) is 15.5. The summed E-state index contributed by atoms with van der Waals surface area (Å²) < 4.78 is 10.8. The number of nitrogens with zero attached hydrogens (tertiary/aromatic N) is 2. The van der Waals surface area contributed by atoms with Gasteiger partial charge in [-0.2, -0.15) is 0 Å². The first-order chi connectivity index (χ1) is 13.2. The molecule has 2 rings (SSSR count). The van der Waals surface area contributed by atoms with Gasteiger partial charge in [0, 0.05) is 13.6 Å². The fourth-order valence-electron chi connectivity index (χ4n) is 2.58. The Balaban J connectivity index is 2.46. The summed E-state index contributed by atoms with van der Waals surface area (Å²) in [5, 5.41) is 8.77. The predicted molar refractivity (Wildman–Crippen MR) is 102 cm³/mol. The zero-order valence-corrected chi connectivity index (χ0v) is 17.1. The quantitative estimate of drug-likeness (QED) is 0.495. The minimum absolute atomic E-state index is 0.163. The number of barbiturate groups is 1. The van der Waals surface area contributed by atoms with Crippen LogP contribution in [0.4, 0.5) is 4.79 Å². The molecule has 0 bridgehead atoms. The summed E-state index contributed by atoms with van der Waals surface area (Å²) in [6.07, 6.45) is 1.91. The van der Waals surface area contributed by atoms with Crippen molar-refractivity contribution in [3.63, 3.8) is 0 Å². The number of aliphatic carboxylic acids is 1. The minimum Gasteiger partial charge on any atom is -0.493 e. The maximum atomic E-state index is 12.6. The van der Waals surface area contributed by atoms with Gasteiger partial charge in [-0.05, 0) is 46.1 Å². The molecule has 28 heavy (non-hydrogen) atoms. The van der Waals surface area contributed by atoms with Crippen molar-refractivity contribution < 1.29 is 33.8 Å². The number of amides is 4. The third-order valence-corrected chi connectivity index (χ3v) is 4.47. The van der Waals surface area contributed by atoms with Gasteiger partial charge in [0.25, 0.3) is 11.8 Å². The Bertz CT molecular complexity index is 866. The number of hydrogen-bond acceptors (Lipinski definition) is 6. The van der Waals surface area contributed by atoms with E-state index in [2.05, 4.69) is 15.9 Å². The molecule has 9 nitrogen and oxygen atoms in total. The second-order valence-electron chi connectivity index (χ2n) is 5.88. The number of hydrogen-bond donors (Lipinski definition) is 1. The molecule has 0 aromatic heterocycles. The largest absolute Gasteiger partial charge is 0.493 e. The van der Waals surface area contributed by atoms with Crippen LogP contribution in [0.25, 0.3) is 6.08 Å². The van der Waals surface area contributed by atoms with Crippen molar-refractivity contribution in [2.45, 2.75) is 13.3 Å². The number of carboxylic acid groups (broad SMARTS) is 1. The Hall–Kier alpha value is -2.88. The first-order valence-electron chi connectivity index (χ1n) is 8.28. The second-order valence-corrected chi connectivity index (χ2v) is 6.73. The topological polar surface area (TPSA) is 113 Å². The van der Waals surface area contributed by atoms with Gasteiger partial charge in [-0.15, -0.1) is 0 Å². The summed E-state index contributed by atoms with van der Waals surface area (Å²) in [6.45, 7) is 1.45. The standard InChI is InChI=1S/C18H19BrN2O7/c1-4-5-21-17(25)11(16(24)20(2)18(21)26)6-10-7-12(19)15(13(8-10)27-3)28-9-14(22)23/h6-8H,4-5,9H2,1-3H3,(H,22,23)/b11-6-. The number of halogens is 1. The van der Waals surface area contributed by atoms with Gasteiger partial charge in [-0.25, -0.2) is 9.59 Å². The maximum absolute atomic E-state index is 12.6. The van der Waals surface area contributed by atoms with E-state index in [1.807, 2.05) is 6.92 Å². The van der Waals surface area contributed by atoms with E-state index in [0.29, 0.717) is 16.5 Å². The maximum Gasteiger partial charge on any atom is 0.341 e. The van der Waals surface area contributed by atoms with Crippen molar-refractivity contribution in [3.8, 4) is 11.5 Å². The van der Waals surface area contributed by atoms with Crippen LogP contribution in [0.1, 0.15) is 18.9 Å². The Morgan fingerprint density at radius 2 is 1.93 bits per heavy atom. The third-order valence-electron chi connectivity index (χ3n) is 3.88. The van der Waals surface area contributed by atoms with E-state index in [9.17, 15) is 19.2 Å². The monoisotopic (exact) mass is 454 g/mol. The fourth-order valence-corrected chi connectivity index (χ4v) is 3.15. The minimum atomic E-state index is -1.15. The molecule has 0 saturated carbocycles. The molecular formula is C18H19BrN2O7. The summed E-state index contributed by atoms with van der Waals surface area (Å²) in [5.74, 6) is -2.14. The number of carbonyl (C=O) groups excluding carboxylic acids is 3. The predicted octanol–water partition coefficient (Wildman–Crippen LogP) is 2.14. The fraction of sp³-hybridized carbons (Fsp3) is 0.333. The van der Waals surface area contributed by atoms with Crippen LogP contribution in [0.15, 0.2) is 22.2 Å². The average Bonchev–Trinajstić information content (AvgIpc) is 2.65. The highest BCUT2D eigenvalue weighted by Gasteiger charge is 2.39. The number of likely N-dealkylation sites (N-methyl/N-ethyl adjacent to an activating group) is 1. The number of urea groups is 1. The lowest BCUT2D eigenvalue weighted by molar-refractivity contribution is -0.139. The molecule has 1 fully saturated rings. The van der Waals surface area contributed by atoms with Crippen LogP contribution in [0.2, 0.25) is 0 Å². The van der Waals surface area contributed by atoms with E-state index < -0.39 is 30.4 Å². The van der Waals surface area contributed by atoms with Gasteiger partial charge in [0.2, 0.25) is 0 Å². The summed E-state index contributed by atoms with van der Waals surface area (Å²) in [7, 11) is 2.69. The lowest BCUT2D eigenvalue weighted by Crippen LogP contribution is -2.54. The second kappa shape index (κ2) is 8.87. The van der Waals surface area contributed by atoms with Gasteiger partial charge in [0.05, 0.1) is 11.6 Å². The smallest absolute Gasteiger partial charge is 0.341 e. The normalized spacial score (nSPS) is 16.0. The number of methoxy groups -OCH3 is 1. The van der Waals surface area contributed by atoms with Crippen molar-refractivity contribution >= 4 is 45.8 Å². The third kappa shape index (κ3) is 4.33. The van der Waals surface area contributed by atoms with Crippen LogP contribution >= 0.6 is 15.9 Å². The van der Waals surface area contributed by atoms with Gasteiger partial charge in [-0.1, -0.05) is 6.92 Å². The van der Waals surface area contributed by atoms with E-state index in [0.717, 1.165) is 9.80 Å². The Morgan fingerprint density at radius 1 is 1.25 bits per heavy atom. The van der Waals surface area contributed by atoms with Crippen LogP contribution in [0.5, 0.6) is 11.5 Å². The summed E-state index contributed by atoms with van der Waals surface area (Å²) in [5.41, 5.74) is 0.269. The summed E-state index contributed by atoms with van der Waals surface area (Å²) >= 11 is 3.27. The van der Waals surface area contributed by atoms with Crippen LogP contribution in [-0.4, -0.2) is 66.0 Å². The lowest BCUT2D eigenvalue weighted by Gasteiger charge is -2.31. The van der Waals surface area contributed by atoms with Gasteiger partial charge in [0.15, 0.2) is 18.1 Å². The van der Waals surface area contributed by atoms with Gasteiger partial charge in [0.1, 0.15) is 5.57 Å². The molecule has 1 aliphatic heterocycles. The summed E-state index contributed by atoms with van der Waals surface area (Å²) in [4.78, 5) is 49.8. The van der Waals surface area contributed by atoms with E-state index in [1.54, 1.807) is 6.07 Å². The first-order valence-corrected chi connectivity index (χ1v) is 9.08. The van der Waals surface area contributed by atoms with Gasteiger partial charge < -0.3 is 14.6 Å². The molecule has 0 aliphatic carbocycles. The SMILES string of the molecule is CCCN1C(=O)/C(=C\c2cc(Br)c(OCC(=O)O)c(OC)c2)C(=O)N(C)C1=O. The number of benzene rings is 1. The van der Waals surface area contributed by atoms with Crippen molar-refractivity contribution in [3.05, 3.63) is 27.7 Å². The molecule has 0 unspecified atom stereocenters. The van der Waals surface area contributed by atoms with Crippen molar-refractivity contribution in [2.24, 2.45) is 0 Å². The van der Waals surface area contributed by atoms with Crippen LogP contribution in [-0.2, 0) is 14.4 Å². The highest BCUT2D eigenvalue weighted by molar-refractivity contribution is 9.10. The highest BCUT2D eigenvalue weighted by atomic mass is 79.9. The van der Waals surface area contributed by atoms with Gasteiger partial charge in [-0.3, -0.25) is 19.4 Å². The van der Waals surface area contributed by atoms with Crippen LogP contribution in [0.3, 0.4) is 0 Å². The zero-order chi connectivity index (χ0) is 21.0. The van der Waals surface area contributed by atoms with E-state index in [-0.39, 0.29) is 23.6 Å². The van der Waals surface area contributed by atoms with Gasteiger partial charge >= 0.3 is 12.0 Å². The van der Waals surface area contributed by atoms with Crippen LogP contribution in [0, 0.1) is 0 Å². The molecule has 0 atom stereocenters. The molecule has 1 heterocycles. The van der Waals surface area contributed by atoms with Crippen molar-refractivity contribution in [1.29, 1.82) is 0 Å². The molecule has 1 aromatic rings. The molecule has 150 valence electrons. The van der Waals surface area contributed by atoms with E-state index >= 15 is 0 Å². The Morgan fingerprint density at radius 3 is 2.50 bits per heavy atom. The van der Waals surface area contributed by atoms with Crippen molar-refractivity contribution in [2.75, 3.05) is 27.3 Å². The highest BCUT2D eigenvalue weighted by Crippen LogP contribution is 2.37. The molecule has 10 heteroatoms. The lowest BCUT2D eigenvalue weighted by atomic mass is 10.1. The number of rotatable bonds is 7. The number of ether oxygens (including phenoxy) is 2. The molecule has 0 radical (unpaired) electrons. The molecule has 1 N–H and O–H groups in total. The molecule has 1 aromatic carbocycles. The number of carboxylic acids is 1. The average molecular weight is 455 g/mol. The van der Waals surface area contributed by atoms with Crippen molar-refractivity contribution in [1.82, 2.24) is 9.80 Å². The van der Waals surface area contributed by atoms with E-state index in [1.165, 1.54) is 26.3 Å². The van der Waals surface area contributed by atoms with Crippen LogP contribution < -0.4 is 9.47 Å². The van der Waals surface area contributed by atoms with E-state index in [4.69, 9.17) is 14.6 Å². The summed E-state index contributed by atoms with van der Waals surface area (Å²) in [6, 6.07) is 2.38. The number of carbonyl (C=O) groups is 4.